The molecule has 0 unspecified atom stereocenters. The summed E-state index contributed by atoms with van der Waals surface area (Å²) in [7, 11) is 0. The van der Waals surface area contributed by atoms with Crippen molar-refractivity contribution < 1.29 is 19.1 Å². The van der Waals surface area contributed by atoms with Crippen molar-refractivity contribution in [3.8, 4) is 0 Å². The van der Waals surface area contributed by atoms with Gasteiger partial charge in [-0.1, -0.05) is 13.8 Å². The highest BCUT2D eigenvalue weighted by atomic mass is 16.5. The molecule has 0 aromatic rings. The molecule has 4 nitrogen and oxygen atoms in total. The van der Waals surface area contributed by atoms with Gasteiger partial charge in [-0.2, -0.15) is 0 Å². The molecule has 16 heavy (non-hydrogen) atoms. The van der Waals surface area contributed by atoms with Crippen molar-refractivity contribution in [3.63, 3.8) is 0 Å². The fourth-order valence-electron chi connectivity index (χ4n) is 1.13. The van der Waals surface area contributed by atoms with E-state index in [1.165, 1.54) is 0 Å². The normalized spacial score (nSPS) is 9.88. The Morgan fingerprint density at radius 3 is 1.50 bits per heavy atom. The highest BCUT2D eigenvalue weighted by Gasteiger charge is 2.01. The second-order valence-electron chi connectivity index (χ2n) is 3.65. The zero-order valence-corrected chi connectivity index (χ0v) is 10.3. The Bertz CT molecular complexity index is 179. The molecule has 0 saturated carbocycles. The lowest BCUT2D eigenvalue weighted by molar-refractivity contribution is -0.146. The molecule has 0 heterocycles. The molecule has 0 aliphatic rings. The maximum absolute atomic E-state index is 11.0. The Balaban J connectivity index is 3.21. The molecule has 0 aliphatic carbocycles. The number of ether oxygens (including phenoxy) is 2. The van der Waals surface area contributed by atoms with Crippen molar-refractivity contribution in [2.75, 3.05) is 13.2 Å². The first-order valence-electron chi connectivity index (χ1n) is 6.02. The van der Waals surface area contributed by atoms with Gasteiger partial charge in [0.2, 0.25) is 0 Å². The molecule has 0 aromatic heterocycles. The summed E-state index contributed by atoms with van der Waals surface area (Å²) >= 11 is 0. The average molecular weight is 230 g/mol. The van der Waals surface area contributed by atoms with Crippen molar-refractivity contribution in [1.29, 1.82) is 0 Å². The molecule has 0 atom stereocenters. The minimum absolute atomic E-state index is 0.148. The summed E-state index contributed by atoms with van der Waals surface area (Å²) in [5.74, 6) is -0.295. The van der Waals surface area contributed by atoms with Gasteiger partial charge in [0, 0.05) is 12.8 Å². The quantitative estimate of drug-likeness (QED) is 0.451. The van der Waals surface area contributed by atoms with Crippen molar-refractivity contribution in [1.82, 2.24) is 0 Å². The number of carbonyl (C=O) groups excluding carboxylic acids is 2. The first-order chi connectivity index (χ1) is 7.70. The van der Waals surface area contributed by atoms with Crippen LogP contribution in [0, 0.1) is 0 Å². The molecular formula is C12H22O4. The molecule has 0 aromatic carbocycles. The second kappa shape index (κ2) is 10.5. The van der Waals surface area contributed by atoms with Gasteiger partial charge in [-0.15, -0.1) is 0 Å². The minimum atomic E-state index is -0.148. The van der Waals surface area contributed by atoms with E-state index >= 15 is 0 Å². The van der Waals surface area contributed by atoms with E-state index in [0.717, 1.165) is 25.7 Å². The Hall–Kier alpha value is -1.06. The number of rotatable bonds is 9. The highest BCUT2D eigenvalue weighted by Crippen LogP contribution is 1.97. The van der Waals surface area contributed by atoms with Crippen molar-refractivity contribution in [3.05, 3.63) is 0 Å². The summed E-state index contributed by atoms with van der Waals surface area (Å²) in [6.45, 7) is 4.72. The van der Waals surface area contributed by atoms with E-state index in [9.17, 15) is 9.59 Å². The number of esters is 2. The second-order valence-corrected chi connectivity index (χ2v) is 3.65. The molecule has 0 bridgehead atoms. The van der Waals surface area contributed by atoms with Crippen LogP contribution >= 0.6 is 0 Å². The van der Waals surface area contributed by atoms with E-state index in [1.807, 2.05) is 13.8 Å². The van der Waals surface area contributed by atoms with Crippen LogP contribution in [0.5, 0.6) is 0 Å². The van der Waals surface area contributed by atoms with E-state index in [0.29, 0.717) is 26.1 Å². The van der Waals surface area contributed by atoms with Gasteiger partial charge in [0.05, 0.1) is 13.2 Å². The molecule has 0 N–H and O–H groups in total. The maximum Gasteiger partial charge on any atom is 0.305 e. The lowest BCUT2D eigenvalue weighted by Crippen LogP contribution is -2.08. The SMILES string of the molecule is CCCC(=O)OCCCCOC(=O)CCC. The topological polar surface area (TPSA) is 52.6 Å². The number of hydrogen-bond acceptors (Lipinski definition) is 4. The molecule has 0 spiro atoms. The van der Waals surface area contributed by atoms with Gasteiger partial charge in [0.25, 0.3) is 0 Å². The highest BCUT2D eigenvalue weighted by molar-refractivity contribution is 5.69. The largest absolute Gasteiger partial charge is 0.466 e. The van der Waals surface area contributed by atoms with Gasteiger partial charge >= 0.3 is 11.9 Å². The van der Waals surface area contributed by atoms with Crippen LogP contribution in [0.3, 0.4) is 0 Å². The van der Waals surface area contributed by atoms with Crippen LogP contribution in [0.4, 0.5) is 0 Å². The van der Waals surface area contributed by atoms with E-state index in [-0.39, 0.29) is 11.9 Å². The van der Waals surface area contributed by atoms with E-state index < -0.39 is 0 Å². The van der Waals surface area contributed by atoms with Gasteiger partial charge in [-0.05, 0) is 25.7 Å². The Labute approximate surface area is 97.3 Å². The lowest BCUT2D eigenvalue weighted by Gasteiger charge is -2.05. The van der Waals surface area contributed by atoms with Crippen molar-refractivity contribution in [2.24, 2.45) is 0 Å². The van der Waals surface area contributed by atoms with Crippen LogP contribution in [0.15, 0.2) is 0 Å². The van der Waals surface area contributed by atoms with Crippen LogP contribution in [0.25, 0.3) is 0 Å². The molecule has 94 valence electrons. The molecule has 0 radical (unpaired) electrons. The molecular weight excluding hydrogens is 208 g/mol. The summed E-state index contributed by atoms with van der Waals surface area (Å²) < 4.78 is 9.92. The lowest BCUT2D eigenvalue weighted by atomic mass is 10.3. The van der Waals surface area contributed by atoms with Crippen molar-refractivity contribution in [2.45, 2.75) is 52.4 Å². The predicted octanol–water partition coefficient (Wildman–Crippen LogP) is 2.45. The predicted molar refractivity (Wildman–Crippen MR) is 61.0 cm³/mol. The number of unbranched alkanes of at least 4 members (excludes halogenated alkanes) is 1. The van der Waals surface area contributed by atoms with E-state index in [4.69, 9.17) is 9.47 Å². The van der Waals surface area contributed by atoms with Crippen LogP contribution in [0.1, 0.15) is 52.4 Å². The van der Waals surface area contributed by atoms with Gasteiger partial charge < -0.3 is 9.47 Å². The Morgan fingerprint density at radius 1 is 0.812 bits per heavy atom. The average Bonchev–Trinajstić information content (AvgIpc) is 2.24. The fraction of sp³-hybridized carbons (Fsp3) is 0.833. The molecule has 0 amide bonds. The summed E-state index contributed by atoms with van der Waals surface area (Å²) in [4.78, 5) is 21.9. The van der Waals surface area contributed by atoms with Crippen molar-refractivity contribution >= 4 is 11.9 Å². The molecule has 0 rings (SSSR count). The third kappa shape index (κ3) is 9.49. The smallest absolute Gasteiger partial charge is 0.305 e. The van der Waals surface area contributed by atoms with Gasteiger partial charge in [0.15, 0.2) is 0 Å². The summed E-state index contributed by atoms with van der Waals surface area (Å²) in [5.41, 5.74) is 0. The zero-order chi connectivity index (χ0) is 12.2. The van der Waals surface area contributed by atoms with Crippen LogP contribution in [-0.2, 0) is 19.1 Å². The molecule has 0 fully saturated rings. The molecule has 0 saturated heterocycles. The monoisotopic (exact) mass is 230 g/mol. The van der Waals surface area contributed by atoms with Gasteiger partial charge in [-0.25, -0.2) is 0 Å². The third-order valence-electron chi connectivity index (χ3n) is 1.97. The summed E-state index contributed by atoms with van der Waals surface area (Å²) in [6, 6.07) is 0. The van der Waals surface area contributed by atoms with E-state index in [2.05, 4.69) is 0 Å². The Kier molecular flexibility index (Phi) is 9.76. The maximum atomic E-state index is 11.0. The van der Waals surface area contributed by atoms with Crippen LogP contribution < -0.4 is 0 Å². The molecule has 4 heteroatoms. The minimum Gasteiger partial charge on any atom is -0.466 e. The van der Waals surface area contributed by atoms with Crippen LogP contribution in [0.2, 0.25) is 0 Å². The Morgan fingerprint density at radius 2 is 1.19 bits per heavy atom. The third-order valence-corrected chi connectivity index (χ3v) is 1.97. The number of carbonyl (C=O) groups is 2. The summed E-state index contributed by atoms with van der Waals surface area (Å²) in [6.07, 6.45) is 4.07. The summed E-state index contributed by atoms with van der Waals surface area (Å²) in [5, 5.41) is 0. The fourth-order valence-corrected chi connectivity index (χ4v) is 1.13. The van der Waals surface area contributed by atoms with E-state index in [1.54, 1.807) is 0 Å². The standard InChI is InChI=1S/C12H22O4/c1-3-7-11(13)15-9-5-6-10-16-12(14)8-4-2/h3-10H2,1-2H3. The first kappa shape index (κ1) is 14.9. The van der Waals surface area contributed by atoms with Gasteiger partial charge in [-0.3, -0.25) is 9.59 Å². The molecule has 0 aliphatic heterocycles. The van der Waals surface area contributed by atoms with Crippen LogP contribution in [-0.4, -0.2) is 25.2 Å². The van der Waals surface area contributed by atoms with Gasteiger partial charge in [0.1, 0.15) is 0 Å². The zero-order valence-electron chi connectivity index (χ0n) is 10.3. The number of hydrogen-bond donors (Lipinski definition) is 0. The first-order valence-corrected chi connectivity index (χ1v) is 6.02.